The lowest BCUT2D eigenvalue weighted by Crippen LogP contribution is -2.17. The lowest BCUT2D eigenvalue weighted by Gasteiger charge is -2.05. The van der Waals surface area contributed by atoms with E-state index in [1.807, 2.05) is 0 Å². The van der Waals surface area contributed by atoms with Crippen molar-refractivity contribution in [2.24, 2.45) is 5.10 Å². The number of hydrogen-bond acceptors (Lipinski definition) is 3. The Morgan fingerprint density at radius 3 is 2.68 bits per heavy atom. The smallest absolute Gasteiger partial charge is 0.271 e. The largest absolute Gasteiger partial charge is 0.496 e. The van der Waals surface area contributed by atoms with Crippen molar-refractivity contribution >= 4 is 57.9 Å². The summed E-state index contributed by atoms with van der Waals surface area (Å²) in [7, 11) is 1.58. The number of rotatable bonds is 4. The Balaban J connectivity index is 2.06. The first kappa shape index (κ1) is 17.1. The fourth-order valence-electron chi connectivity index (χ4n) is 1.64. The molecule has 2 aromatic carbocycles. The van der Waals surface area contributed by atoms with Crippen molar-refractivity contribution in [3.05, 3.63) is 61.1 Å². The number of nitrogens with one attached hydrogen (secondary N) is 1. The standard InChI is InChI=1S/C15H11Cl2IN2O2/c1-22-14-5-3-9(6-13(14)18)15(21)20-19-8-10-2-4-11(16)7-12(10)17/h2-8H,1H3,(H,20,21)/b19-8-. The van der Waals surface area contributed by atoms with Crippen LogP contribution < -0.4 is 10.2 Å². The molecule has 0 spiro atoms. The van der Waals surface area contributed by atoms with Crippen LogP contribution in [-0.4, -0.2) is 19.2 Å². The van der Waals surface area contributed by atoms with Gasteiger partial charge in [0.2, 0.25) is 0 Å². The molecule has 0 aliphatic carbocycles. The van der Waals surface area contributed by atoms with Crippen LogP contribution in [0.25, 0.3) is 0 Å². The van der Waals surface area contributed by atoms with Crippen LogP contribution in [0.1, 0.15) is 15.9 Å². The molecule has 0 atom stereocenters. The van der Waals surface area contributed by atoms with Crippen LogP contribution in [-0.2, 0) is 0 Å². The molecule has 0 saturated heterocycles. The zero-order valence-electron chi connectivity index (χ0n) is 11.4. The van der Waals surface area contributed by atoms with E-state index in [2.05, 4.69) is 33.1 Å². The summed E-state index contributed by atoms with van der Waals surface area (Å²) in [6.07, 6.45) is 1.46. The van der Waals surface area contributed by atoms with Crippen LogP contribution in [0.15, 0.2) is 41.5 Å². The van der Waals surface area contributed by atoms with E-state index in [0.29, 0.717) is 26.9 Å². The second-order valence-electron chi connectivity index (χ2n) is 4.21. The Bertz CT molecular complexity index is 735. The van der Waals surface area contributed by atoms with E-state index in [4.69, 9.17) is 27.9 Å². The SMILES string of the molecule is COc1ccc(C(=O)N/N=C\c2ccc(Cl)cc2Cl)cc1I. The van der Waals surface area contributed by atoms with Gasteiger partial charge in [0.25, 0.3) is 5.91 Å². The molecule has 0 aliphatic heterocycles. The number of hydrazone groups is 1. The van der Waals surface area contributed by atoms with Gasteiger partial charge in [-0.2, -0.15) is 5.10 Å². The number of carbonyl (C=O) groups is 1. The van der Waals surface area contributed by atoms with Crippen LogP contribution in [0, 0.1) is 3.57 Å². The molecule has 0 heterocycles. The summed E-state index contributed by atoms with van der Waals surface area (Å²) in [5.41, 5.74) is 3.60. The van der Waals surface area contributed by atoms with Crippen LogP contribution in [0.2, 0.25) is 10.0 Å². The molecule has 0 aliphatic rings. The predicted octanol–water partition coefficient (Wildman–Crippen LogP) is 4.37. The van der Waals surface area contributed by atoms with E-state index in [-0.39, 0.29) is 5.91 Å². The van der Waals surface area contributed by atoms with Gasteiger partial charge in [0.05, 0.1) is 21.9 Å². The third kappa shape index (κ3) is 4.34. The summed E-state index contributed by atoms with van der Waals surface area (Å²) in [4.78, 5) is 12.0. The molecule has 0 radical (unpaired) electrons. The summed E-state index contributed by atoms with van der Waals surface area (Å²) in [6, 6.07) is 10.1. The van der Waals surface area contributed by atoms with Gasteiger partial charge in [-0.15, -0.1) is 0 Å². The number of benzene rings is 2. The Kier molecular flexibility index (Phi) is 6.05. The molecule has 0 unspecified atom stereocenters. The molecule has 7 heteroatoms. The summed E-state index contributed by atoms with van der Waals surface area (Å²) < 4.78 is 5.99. The van der Waals surface area contributed by atoms with Crippen LogP contribution >= 0.6 is 45.8 Å². The molecular weight excluding hydrogens is 438 g/mol. The zero-order valence-corrected chi connectivity index (χ0v) is 15.1. The maximum atomic E-state index is 12.0. The highest BCUT2D eigenvalue weighted by atomic mass is 127. The maximum absolute atomic E-state index is 12.0. The van der Waals surface area contributed by atoms with Gasteiger partial charge in [0.15, 0.2) is 0 Å². The molecule has 22 heavy (non-hydrogen) atoms. The van der Waals surface area contributed by atoms with Crippen LogP contribution in [0.4, 0.5) is 0 Å². The third-order valence-corrected chi connectivity index (χ3v) is 4.15. The molecular formula is C15H11Cl2IN2O2. The Morgan fingerprint density at radius 2 is 2.05 bits per heavy atom. The van der Waals surface area contributed by atoms with Crippen molar-refractivity contribution in [1.82, 2.24) is 5.43 Å². The minimum absolute atomic E-state index is 0.318. The van der Waals surface area contributed by atoms with Crippen molar-refractivity contribution in [2.45, 2.75) is 0 Å². The summed E-state index contributed by atoms with van der Waals surface area (Å²) in [6.45, 7) is 0. The lowest BCUT2D eigenvalue weighted by molar-refractivity contribution is 0.0955. The third-order valence-electron chi connectivity index (χ3n) is 2.75. The minimum atomic E-state index is -0.318. The Labute approximate surface area is 151 Å². The Morgan fingerprint density at radius 1 is 1.27 bits per heavy atom. The highest BCUT2D eigenvalue weighted by Gasteiger charge is 2.08. The predicted molar refractivity (Wildman–Crippen MR) is 97.2 cm³/mol. The summed E-state index contributed by atoms with van der Waals surface area (Å²) in [5.74, 6) is 0.399. The molecule has 0 saturated carbocycles. The lowest BCUT2D eigenvalue weighted by atomic mass is 10.2. The monoisotopic (exact) mass is 448 g/mol. The molecule has 2 rings (SSSR count). The number of hydrogen-bond donors (Lipinski definition) is 1. The van der Waals surface area contributed by atoms with Crippen LogP contribution in [0.3, 0.4) is 0 Å². The van der Waals surface area contributed by atoms with Crippen LogP contribution in [0.5, 0.6) is 5.75 Å². The Hall–Kier alpha value is -1.31. The molecule has 0 aromatic heterocycles. The van der Waals surface area contributed by atoms with E-state index in [0.717, 1.165) is 3.57 Å². The van der Waals surface area contributed by atoms with Crippen molar-refractivity contribution in [3.8, 4) is 5.75 Å². The van der Waals surface area contributed by atoms with E-state index in [9.17, 15) is 4.79 Å². The quantitative estimate of drug-likeness (QED) is 0.429. The number of nitrogens with zero attached hydrogens (tertiary/aromatic N) is 1. The van der Waals surface area contributed by atoms with Crippen molar-refractivity contribution in [3.63, 3.8) is 0 Å². The van der Waals surface area contributed by atoms with E-state index in [1.165, 1.54) is 6.21 Å². The van der Waals surface area contributed by atoms with Gasteiger partial charge in [0.1, 0.15) is 5.75 Å². The zero-order chi connectivity index (χ0) is 16.1. The molecule has 1 N–H and O–H groups in total. The average molecular weight is 449 g/mol. The average Bonchev–Trinajstić information content (AvgIpc) is 2.49. The molecule has 0 bridgehead atoms. The number of methoxy groups -OCH3 is 1. The normalized spacial score (nSPS) is 10.7. The molecule has 0 fully saturated rings. The molecule has 2 aromatic rings. The van der Waals surface area contributed by atoms with Gasteiger partial charge < -0.3 is 4.74 Å². The maximum Gasteiger partial charge on any atom is 0.271 e. The first-order chi connectivity index (χ1) is 10.5. The first-order valence-corrected chi connectivity index (χ1v) is 7.96. The summed E-state index contributed by atoms with van der Waals surface area (Å²) in [5, 5.41) is 4.90. The number of carbonyl (C=O) groups excluding carboxylic acids is 1. The van der Waals surface area contributed by atoms with Gasteiger partial charge in [-0.05, 0) is 52.9 Å². The highest BCUT2D eigenvalue weighted by Crippen LogP contribution is 2.21. The number of ether oxygens (including phenoxy) is 1. The highest BCUT2D eigenvalue weighted by molar-refractivity contribution is 14.1. The van der Waals surface area contributed by atoms with E-state index in [1.54, 1.807) is 43.5 Å². The fourth-order valence-corrected chi connectivity index (χ4v) is 2.83. The van der Waals surface area contributed by atoms with Gasteiger partial charge in [-0.3, -0.25) is 4.79 Å². The molecule has 1 amide bonds. The summed E-state index contributed by atoms with van der Waals surface area (Å²) >= 11 is 13.9. The first-order valence-electron chi connectivity index (χ1n) is 6.13. The fraction of sp³-hybridized carbons (Fsp3) is 0.0667. The van der Waals surface area contributed by atoms with Gasteiger partial charge in [-0.25, -0.2) is 5.43 Å². The van der Waals surface area contributed by atoms with Crippen molar-refractivity contribution < 1.29 is 9.53 Å². The van der Waals surface area contributed by atoms with Crippen molar-refractivity contribution in [2.75, 3.05) is 7.11 Å². The molecule has 114 valence electrons. The van der Waals surface area contributed by atoms with Gasteiger partial charge in [0, 0.05) is 16.1 Å². The van der Waals surface area contributed by atoms with Gasteiger partial charge in [-0.1, -0.05) is 29.3 Å². The second-order valence-corrected chi connectivity index (χ2v) is 6.22. The number of halogens is 3. The van der Waals surface area contributed by atoms with Gasteiger partial charge >= 0.3 is 0 Å². The van der Waals surface area contributed by atoms with Crippen molar-refractivity contribution in [1.29, 1.82) is 0 Å². The van der Waals surface area contributed by atoms with E-state index < -0.39 is 0 Å². The minimum Gasteiger partial charge on any atom is -0.496 e. The molecule has 4 nitrogen and oxygen atoms in total. The second kappa shape index (κ2) is 7.80. The number of amides is 1. The topological polar surface area (TPSA) is 50.7 Å². The van der Waals surface area contributed by atoms with E-state index >= 15 is 0 Å².